The quantitative estimate of drug-likeness (QED) is 0.537. The van der Waals surface area contributed by atoms with Crippen LogP contribution in [0.25, 0.3) is 0 Å². The van der Waals surface area contributed by atoms with E-state index in [2.05, 4.69) is 9.88 Å². The maximum Gasteiger partial charge on any atom is 0.424 e. The molecule has 0 aliphatic rings. The van der Waals surface area contributed by atoms with Crippen LogP contribution in [0.3, 0.4) is 0 Å². The summed E-state index contributed by atoms with van der Waals surface area (Å²) < 4.78 is 25.0. The molecular formula is C3H8N2O4S. The van der Waals surface area contributed by atoms with Crippen molar-refractivity contribution in [3.63, 3.8) is 0 Å². The molecule has 7 heteroatoms. The van der Waals surface area contributed by atoms with Crippen LogP contribution in [-0.4, -0.2) is 33.0 Å². The molecule has 6 nitrogen and oxygen atoms in total. The standard InChI is InChI=1S/C3H8N2O4S/c1-5(3(6)9-2)10(4,7)8/h1-2H3,(H2,4,7,8). The number of ether oxygens (including phenoxy) is 1. The topological polar surface area (TPSA) is 89.7 Å². The number of amides is 1. The van der Waals surface area contributed by atoms with E-state index in [1.54, 1.807) is 0 Å². The third-order valence-corrected chi connectivity index (χ3v) is 1.73. The molecule has 10 heavy (non-hydrogen) atoms. The van der Waals surface area contributed by atoms with Crippen molar-refractivity contribution in [2.75, 3.05) is 14.2 Å². The van der Waals surface area contributed by atoms with Crippen LogP contribution in [0.2, 0.25) is 0 Å². The Morgan fingerprint density at radius 1 is 1.60 bits per heavy atom. The molecule has 0 aromatic carbocycles. The van der Waals surface area contributed by atoms with Crippen LogP contribution in [0, 0.1) is 0 Å². The van der Waals surface area contributed by atoms with E-state index in [-0.39, 0.29) is 0 Å². The molecule has 0 saturated carbocycles. The predicted octanol–water partition coefficient (Wildman–Crippen LogP) is -1.11. The largest absolute Gasteiger partial charge is 0.452 e. The summed E-state index contributed by atoms with van der Waals surface area (Å²) in [5.41, 5.74) is 0. The van der Waals surface area contributed by atoms with Crippen molar-refractivity contribution in [3.8, 4) is 0 Å². The molecule has 0 aliphatic carbocycles. The summed E-state index contributed by atoms with van der Waals surface area (Å²) in [6.45, 7) is 0. The Morgan fingerprint density at radius 2 is 2.00 bits per heavy atom. The minimum absolute atomic E-state index is 0.299. The first-order valence-electron chi connectivity index (χ1n) is 2.24. The normalized spacial score (nSPS) is 10.7. The van der Waals surface area contributed by atoms with Crippen LogP contribution in [-0.2, 0) is 14.9 Å². The van der Waals surface area contributed by atoms with Gasteiger partial charge in [-0.05, 0) is 0 Å². The highest BCUT2D eigenvalue weighted by molar-refractivity contribution is 7.87. The smallest absolute Gasteiger partial charge is 0.424 e. The maximum atomic E-state index is 10.4. The summed E-state index contributed by atoms with van der Waals surface area (Å²) in [5, 5.41) is 4.55. The summed E-state index contributed by atoms with van der Waals surface area (Å²) in [6.07, 6.45) is -1.01. The summed E-state index contributed by atoms with van der Waals surface area (Å²) in [7, 11) is -1.89. The molecule has 0 radical (unpaired) electrons. The molecule has 0 unspecified atom stereocenters. The van der Waals surface area contributed by atoms with Crippen LogP contribution in [0.5, 0.6) is 0 Å². The first kappa shape index (κ1) is 9.18. The van der Waals surface area contributed by atoms with Crippen molar-refractivity contribution >= 4 is 16.3 Å². The summed E-state index contributed by atoms with van der Waals surface area (Å²) >= 11 is 0. The number of nitrogens with zero attached hydrogens (tertiary/aromatic N) is 1. The second-order valence-corrected chi connectivity index (χ2v) is 3.06. The second-order valence-electron chi connectivity index (χ2n) is 1.48. The van der Waals surface area contributed by atoms with Gasteiger partial charge in [0.05, 0.1) is 7.11 Å². The lowest BCUT2D eigenvalue weighted by Gasteiger charge is -2.10. The highest BCUT2D eigenvalue weighted by Gasteiger charge is 2.18. The van der Waals surface area contributed by atoms with Crippen LogP contribution in [0.1, 0.15) is 0 Å². The molecule has 0 aliphatic heterocycles. The maximum absolute atomic E-state index is 10.4. The van der Waals surface area contributed by atoms with E-state index in [1.807, 2.05) is 0 Å². The minimum Gasteiger partial charge on any atom is -0.452 e. The van der Waals surface area contributed by atoms with Crippen molar-refractivity contribution in [3.05, 3.63) is 0 Å². The molecule has 60 valence electrons. The number of nitrogens with two attached hydrogens (primary N) is 1. The van der Waals surface area contributed by atoms with Crippen LogP contribution < -0.4 is 5.14 Å². The van der Waals surface area contributed by atoms with Gasteiger partial charge in [-0.3, -0.25) is 0 Å². The van der Waals surface area contributed by atoms with Crippen molar-refractivity contribution in [2.24, 2.45) is 5.14 Å². The Morgan fingerprint density at radius 3 is 2.10 bits per heavy atom. The minimum atomic E-state index is -3.96. The second kappa shape index (κ2) is 2.84. The lowest BCUT2D eigenvalue weighted by molar-refractivity contribution is 0.154. The molecular weight excluding hydrogens is 160 g/mol. The van der Waals surface area contributed by atoms with Gasteiger partial charge in [0.2, 0.25) is 0 Å². The molecule has 2 N–H and O–H groups in total. The van der Waals surface area contributed by atoms with Crippen LogP contribution in [0.15, 0.2) is 0 Å². The van der Waals surface area contributed by atoms with E-state index >= 15 is 0 Å². The first-order valence-corrected chi connectivity index (χ1v) is 3.74. The summed E-state index contributed by atoms with van der Waals surface area (Å²) in [5.74, 6) is 0. The van der Waals surface area contributed by atoms with Gasteiger partial charge in [0, 0.05) is 7.05 Å². The van der Waals surface area contributed by atoms with E-state index in [0.717, 1.165) is 14.2 Å². The average Bonchev–Trinajstić information content (AvgIpc) is 1.83. The van der Waals surface area contributed by atoms with Crippen molar-refractivity contribution in [1.29, 1.82) is 0 Å². The van der Waals surface area contributed by atoms with Crippen LogP contribution >= 0.6 is 0 Å². The molecule has 0 spiro atoms. The van der Waals surface area contributed by atoms with Gasteiger partial charge in [0.1, 0.15) is 0 Å². The molecule has 0 atom stereocenters. The average molecular weight is 168 g/mol. The van der Waals surface area contributed by atoms with Gasteiger partial charge < -0.3 is 4.74 Å². The van der Waals surface area contributed by atoms with Crippen molar-refractivity contribution in [1.82, 2.24) is 4.31 Å². The molecule has 0 aromatic heterocycles. The van der Waals surface area contributed by atoms with Crippen molar-refractivity contribution < 1.29 is 17.9 Å². The fourth-order valence-electron chi connectivity index (χ4n) is 0.232. The monoisotopic (exact) mass is 168 g/mol. The number of carbonyl (C=O) groups excluding carboxylic acids is 1. The molecule has 0 aromatic rings. The van der Waals surface area contributed by atoms with E-state index in [4.69, 9.17) is 0 Å². The third-order valence-electron chi connectivity index (χ3n) is 0.813. The highest BCUT2D eigenvalue weighted by atomic mass is 32.2. The zero-order valence-corrected chi connectivity index (χ0v) is 6.38. The van der Waals surface area contributed by atoms with Gasteiger partial charge in [-0.15, -0.1) is 0 Å². The van der Waals surface area contributed by atoms with Crippen LogP contribution in [0.4, 0.5) is 4.79 Å². The molecule has 0 bridgehead atoms. The van der Waals surface area contributed by atoms with Gasteiger partial charge in [-0.2, -0.15) is 12.7 Å². The molecule has 1 amide bonds. The Balaban J connectivity index is 4.39. The lowest BCUT2D eigenvalue weighted by Crippen LogP contribution is -2.37. The number of hydrogen-bond acceptors (Lipinski definition) is 4. The van der Waals surface area contributed by atoms with E-state index in [1.165, 1.54) is 0 Å². The summed E-state index contributed by atoms with van der Waals surface area (Å²) in [6, 6.07) is 0. The Bertz CT molecular complexity index is 221. The van der Waals surface area contributed by atoms with Gasteiger partial charge >= 0.3 is 16.3 Å². The van der Waals surface area contributed by atoms with E-state index < -0.39 is 16.3 Å². The third kappa shape index (κ3) is 2.19. The molecule has 0 saturated heterocycles. The van der Waals surface area contributed by atoms with E-state index in [0.29, 0.717) is 4.31 Å². The predicted molar refractivity (Wildman–Crippen MR) is 33.3 cm³/mol. The van der Waals surface area contributed by atoms with Gasteiger partial charge in [-0.25, -0.2) is 9.93 Å². The fraction of sp³-hybridized carbons (Fsp3) is 0.667. The van der Waals surface area contributed by atoms with Gasteiger partial charge in [0.25, 0.3) is 0 Å². The highest BCUT2D eigenvalue weighted by Crippen LogP contribution is 1.91. The Kier molecular flexibility index (Phi) is 2.61. The van der Waals surface area contributed by atoms with Gasteiger partial charge in [0.15, 0.2) is 0 Å². The Labute approximate surface area is 58.7 Å². The number of carbonyl (C=O) groups is 1. The first-order chi connectivity index (χ1) is 4.39. The van der Waals surface area contributed by atoms with E-state index in [9.17, 15) is 13.2 Å². The molecule has 0 fully saturated rings. The SMILES string of the molecule is COC(=O)N(C)S(N)(=O)=O. The lowest BCUT2D eigenvalue weighted by atomic mass is 11.1. The number of hydrogen-bond donors (Lipinski definition) is 1. The summed E-state index contributed by atoms with van der Waals surface area (Å²) in [4.78, 5) is 10.4. The fourth-order valence-corrected chi connectivity index (χ4v) is 0.515. The van der Waals surface area contributed by atoms with Crippen molar-refractivity contribution in [2.45, 2.75) is 0 Å². The Hall–Kier alpha value is -0.820. The number of methoxy groups -OCH3 is 1. The molecule has 0 heterocycles. The zero-order chi connectivity index (χ0) is 8.36. The zero-order valence-electron chi connectivity index (χ0n) is 5.57. The number of rotatable bonds is 1. The molecule has 0 rings (SSSR count). The van der Waals surface area contributed by atoms with Gasteiger partial charge in [-0.1, -0.05) is 0 Å².